The monoisotopic (exact) mass is 255 g/mol. The van der Waals surface area contributed by atoms with Gasteiger partial charge in [-0.1, -0.05) is 30.2 Å². The van der Waals surface area contributed by atoms with Crippen LogP contribution in [-0.4, -0.2) is 22.6 Å². The van der Waals surface area contributed by atoms with Gasteiger partial charge in [0.2, 0.25) is 6.20 Å². The predicted octanol–water partition coefficient (Wildman–Crippen LogP) is 0.654. The molecule has 0 unspecified atom stereocenters. The molecule has 0 aliphatic heterocycles. The SMILES string of the molecule is C[Si](C)(C)C#Cc1cn2c3nccnc3[n-][n+]2c1. The highest BCUT2D eigenvalue weighted by Gasteiger charge is 2.10. The molecule has 0 fully saturated rings. The van der Waals surface area contributed by atoms with Crippen LogP contribution in [0.4, 0.5) is 0 Å². The molecular formula is C12H13N5Si. The van der Waals surface area contributed by atoms with Crippen molar-refractivity contribution in [2.24, 2.45) is 0 Å². The normalized spacial score (nSPS) is 11.7. The fourth-order valence-electron chi connectivity index (χ4n) is 1.62. The highest BCUT2D eigenvalue weighted by Crippen LogP contribution is 2.03. The fourth-order valence-corrected chi connectivity index (χ4v) is 2.14. The number of rotatable bonds is 0. The molecule has 0 N–H and O–H groups in total. The Morgan fingerprint density at radius 2 is 2.06 bits per heavy atom. The second kappa shape index (κ2) is 3.68. The van der Waals surface area contributed by atoms with Crippen LogP contribution in [0.3, 0.4) is 0 Å². The average molecular weight is 255 g/mol. The van der Waals surface area contributed by atoms with Crippen molar-refractivity contribution >= 4 is 19.4 Å². The number of hydrogen-bond donors (Lipinski definition) is 0. The van der Waals surface area contributed by atoms with E-state index in [0.29, 0.717) is 5.65 Å². The van der Waals surface area contributed by atoms with E-state index in [2.05, 4.69) is 46.2 Å². The molecule has 18 heavy (non-hydrogen) atoms. The molecule has 0 atom stereocenters. The quantitative estimate of drug-likeness (QED) is 0.337. The summed E-state index contributed by atoms with van der Waals surface area (Å²) in [4.78, 5) is 8.43. The van der Waals surface area contributed by atoms with Gasteiger partial charge in [-0.25, -0.2) is 4.98 Å². The third kappa shape index (κ3) is 1.89. The van der Waals surface area contributed by atoms with Crippen molar-refractivity contribution in [3.05, 3.63) is 30.4 Å². The van der Waals surface area contributed by atoms with Crippen LogP contribution in [0.25, 0.3) is 11.3 Å². The van der Waals surface area contributed by atoms with E-state index in [4.69, 9.17) is 0 Å². The van der Waals surface area contributed by atoms with Gasteiger partial charge in [-0.3, -0.25) is 0 Å². The van der Waals surface area contributed by atoms with Crippen LogP contribution in [0.2, 0.25) is 19.6 Å². The first-order valence-electron chi connectivity index (χ1n) is 5.74. The second-order valence-electron chi connectivity index (χ2n) is 5.18. The predicted molar refractivity (Wildman–Crippen MR) is 69.7 cm³/mol. The summed E-state index contributed by atoms with van der Waals surface area (Å²) in [6.45, 7) is 6.67. The van der Waals surface area contributed by atoms with E-state index in [-0.39, 0.29) is 0 Å². The van der Waals surface area contributed by atoms with Gasteiger partial charge in [0.05, 0.1) is 5.56 Å². The number of hydrogen-bond acceptors (Lipinski definition) is 2. The van der Waals surface area contributed by atoms with Gasteiger partial charge in [0, 0.05) is 12.4 Å². The summed E-state index contributed by atoms with van der Waals surface area (Å²) < 4.78 is 3.58. The lowest BCUT2D eigenvalue weighted by atomic mass is 10.4. The van der Waals surface area contributed by atoms with Crippen molar-refractivity contribution in [3.8, 4) is 11.5 Å². The average Bonchev–Trinajstić information content (AvgIpc) is 2.82. The first-order valence-corrected chi connectivity index (χ1v) is 9.24. The summed E-state index contributed by atoms with van der Waals surface area (Å²) in [7, 11) is -1.35. The van der Waals surface area contributed by atoms with E-state index in [1.54, 1.807) is 17.0 Å². The zero-order valence-corrected chi connectivity index (χ0v) is 11.5. The molecule has 0 bridgehead atoms. The highest BCUT2D eigenvalue weighted by molar-refractivity contribution is 6.83. The van der Waals surface area contributed by atoms with Crippen LogP contribution < -0.4 is 9.73 Å². The lowest BCUT2D eigenvalue weighted by molar-refractivity contribution is -0.674. The Morgan fingerprint density at radius 1 is 1.28 bits per heavy atom. The van der Waals surface area contributed by atoms with Crippen LogP contribution in [0, 0.1) is 11.5 Å². The molecule has 3 aromatic heterocycles. The molecule has 0 aliphatic carbocycles. The third-order valence-corrected chi connectivity index (χ3v) is 3.27. The van der Waals surface area contributed by atoms with Crippen molar-refractivity contribution in [2.75, 3.05) is 0 Å². The van der Waals surface area contributed by atoms with Gasteiger partial charge in [-0.15, -0.1) is 10.6 Å². The maximum Gasteiger partial charge on any atom is 0.219 e. The van der Waals surface area contributed by atoms with Crippen LogP contribution >= 0.6 is 0 Å². The largest absolute Gasteiger partial charge is 0.361 e. The minimum atomic E-state index is -1.35. The molecule has 0 radical (unpaired) electrons. The summed E-state index contributed by atoms with van der Waals surface area (Å²) in [6.07, 6.45) is 7.15. The van der Waals surface area contributed by atoms with Crippen LogP contribution in [0.15, 0.2) is 24.8 Å². The Bertz CT molecular complexity index is 781. The first-order chi connectivity index (χ1) is 8.53. The lowest BCUT2D eigenvalue weighted by Gasteiger charge is -2.02. The first kappa shape index (κ1) is 11.0. The second-order valence-corrected chi connectivity index (χ2v) is 9.93. The summed E-state index contributed by atoms with van der Waals surface area (Å²) in [5.74, 6) is 3.21. The van der Waals surface area contributed by atoms with Crippen molar-refractivity contribution in [1.82, 2.24) is 19.6 Å². The Hall–Kier alpha value is -2.13. The Morgan fingerprint density at radius 3 is 2.83 bits per heavy atom. The summed E-state index contributed by atoms with van der Waals surface area (Å²) in [6, 6.07) is 0. The Balaban J connectivity index is 2.14. The molecular weight excluding hydrogens is 242 g/mol. The van der Waals surface area contributed by atoms with E-state index >= 15 is 0 Å². The molecule has 0 amide bonds. The zero-order valence-electron chi connectivity index (χ0n) is 10.5. The van der Waals surface area contributed by atoms with Gasteiger partial charge >= 0.3 is 0 Å². The Labute approximate surface area is 105 Å². The van der Waals surface area contributed by atoms with E-state index < -0.39 is 8.07 Å². The molecule has 0 aromatic carbocycles. The molecule has 3 aromatic rings. The zero-order chi connectivity index (χ0) is 12.8. The molecule has 3 heterocycles. The fraction of sp³-hybridized carbons (Fsp3) is 0.250. The van der Waals surface area contributed by atoms with Crippen molar-refractivity contribution < 1.29 is 4.63 Å². The van der Waals surface area contributed by atoms with Crippen molar-refractivity contribution in [3.63, 3.8) is 0 Å². The van der Waals surface area contributed by atoms with Gasteiger partial charge in [0.15, 0.2) is 5.65 Å². The van der Waals surface area contributed by atoms with Gasteiger partial charge in [-0.05, 0) is 6.20 Å². The highest BCUT2D eigenvalue weighted by atomic mass is 28.3. The lowest BCUT2D eigenvalue weighted by Crippen LogP contribution is -2.28. The summed E-state index contributed by atoms with van der Waals surface area (Å²) in [5.41, 5.74) is 5.68. The maximum absolute atomic E-state index is 4.33. The van der Waals surface area contributed by atoms with Gasteiger partial charge in [0.25, 0.3) is 0 Å². The van der Waals surface area contributed by atoms with Gasteiger partial charge in [0.1, 0.15) is 13.7 Å². The molecule has 0 spiro atoms. The van der Waals surface area contributed by atoms with Gasteiger partial charge in [-0.2, -0.15) is 4.52 Å². The topological polar surface area (TPSA) is 48.4 Å². The van der Waals surface area contributed by atoms with E-state index in [0.717, 1.165) is 11.2 Å². The molecule has 0 saturated carbocycles. The summed E-state index contributed by atoms with van der Waals surface area (Å²) >= 11 is 0. The van der Waals surface area contributed by atoms with Crippen molar-refractivity contribution in [1.29, 1.82) is 0 Å². The standard InChI is InChI=1S/C12H13N5Si/c1-18(2,3)7-4-10-8-16-12-11(13-5-6-14-12)15-17(16)9-10/h5-6,8-9H,1-3H3. The molecule has 3 rings (SSSR count). The number of fused-ring (bicyclic) bond motifs is 3. The number of aromatic nitrogens is 5. The van der Waals surface area contributed by atoms with Crippen LogP contribution in [0.5, 0.6) is 0 Å². The van der Waals surface area contributed by atoms with E-state index in [9.17, 15) is 0 Å². The molecule has 0 aliphatic rings. The maximum atomic E-state index is 4.33. The van der Waals surface area contributed by atoms with Gasteiger partial charge < -0.3 is 4.98 Å². The number of nitrogens with zero attached hydrogens (tertiary/aromatic N) is 5. The molecule has 5 nitrogen and oxygen atoms in total. The molecule has 6 heteroatoms. The minimum absolute atomic E-state index is 0.641. The summed E-state index contributed by atoms with van der Waals surface area (Å²) in [5, 5.41) is 4.33. The van der Waals surface area contributed by atoms with Crippen LogP contribution in [0.1, 0.15) is 5.56 Å². The smallest absolute Gasteiger partial charge is 0.219 e. The Kier molecular flexibility index (Phi) is 2.25. The van der Waals surface area contributed by atoms with E-state index in [1.807, 2.05) is 16.9 Å². The molecule has 0 saturated heterocycles. The van der Waals surface area contributed by atoms with Crippen LogP contribution in [-0.2, 0) is 0 Å². The minimum Gasteiger partial charge on any atom is -0.361 e. The third-order valence-electron chi connectivity index (χ3n) is 2.39. The van der Waals surface area contributed by atoms with E-state index in [1.165, 1.54) is 0 Å². The molecule has 90 valence electrons. The van der Waals surface area contributed by atoms with Crippen molar-refractivity contribution in [2.45, 2.75) is 19.6 Å².